The molecule has 0 aliphatic heterocycles. The van der Waals surface area contributed by atoms with Gasteiger partial charge in [-0.15, -0.1) is 10.2 Å². The van der Waals surface area contributed by atoms with Gasteiger partial charge in [0.1, 0.15) is 21.2 Å². The Balaban J connectivity index is 2.53. The average molecular weight is 342 g/mol. The molecule has 0 fully saturated rings. The highest BCUT2D eigenvalue weighted by atomic mass is 32.2. The van der Waals surface area contributed by atoms with Gasteiger partial charge in [-0.25, -0.2) is 0 Å². The molecule has 2 rings (SSSR count). The third-order valence-electron chi connectivity index (χ3n) is 2.55. The van der Waals surface area contributed by atoms with E-state index >= 15 is 0 Å². The fourth-order valence-electron chi connectivity index (χ4n) is 1.62. The topological polar surface area (TPSA) is 133 Å². The normalized spacial score (nSPS) is 12.6. The van der Waals surface area contributed by atoms with Crippen molar-refractivity contribution >= 4 is 31.6 Å². The van der Waals surface area contributed by atoms with E-state index in [1.54, 1.807) is 0 Å². The van der Waals surface area contributed by atoms with E-state index in [-0.39, 0.29) is 11.4 Å². The van der Waals surface area contributed by atoms with Crippen LogP contribution in [0, 0.1) is 0 Å². The van der Waals surface area contributed by atoms with Crippen LogP contribution in [-0.2, 0) is 20.2 Å². The molecule has 0 amide bonds. The molecule has 0 saturated carbocycles. The smallest absolute Gasteiger partial charge is 0.282 e. The first kappa shape index (κ1) is 16.2. The first-order valence-corrected chi connectivity index (χ1v) is 8.62. The van der Waals surface area contributed by atoms with E-state index in [1.165, 1.54) is 36.4 Å². The maximum Gasteiger partial charge on any atom is 0.296 e. The highest BCUT2D eigenvalue weighted by Gasteiger charge is 2.16. The summed E-state index contributed by atoms with van der Waals surface area (Å²) < 4.78 is 63.0. The minimum atomic E-state index is -4.50. The molecule has 2 N–H and O–H groups in total. The fraction of sp³-hybridized carbons (Fsp3) is 0. The molecular formula is C12H10N2O6S2. The molecule has 0 bridgehead atoms. The molecular weight excluding hydrogens is 332 g/mol. The van der Waals surface area contributed by atoms with E-state index in [0.29, 0.717) is 0 Å². The Morgan fingerprint density at radius 3 is 1.27 bits per heavy atom. The lowest BCUT2D eigenvalue weighted by atomic mass is 10.3. The van der Waals surface area contributed by atoms with Gasteiger partial charge in [-0.3, -0.25) is 9.11 Å². The summed E-state index contributed by atoms with van der Waals surface area (Å²) in [7, 11) is -9.00. The Bertz CT molecular complexity index is 858. The number of azo groups is 1. The summed E-state index contributed by atoms with van der Waals surface area (Å²) >= 11 is 0. The Labute approximate surface area is 126 Å². The molecule has 0 aromatic heterocycles. The minimum Gasteiger partial charge on any atom is -0.282 e. The SMILES string of the molecule is O=S(=O)(O)c1ccccc1/N=N/c1ccccc1S(=O)(=O)O. The zero-order valence-electron chi connectivity index (χ0n) is 10.9. The van der Waals surface area contributed by atoms with Gasteiger partial charge in [-0.1, -0.05) is 24.3 Å². The summed E-state index contributed by atoms with van der Waals surface area (Å²) in [4.78, 5) is -0.939. The predicted molar refractivity (Wildman–Crippen MR) is 76.7 cm³/mol. The molecule has 10 heteroatoms. The van der Waals surface area contributed by atoms with Gasteiger partial charge in [0.2, 0.25) is 0 Å². The van der Waals surface area contributed by atoms with Gasteiger partial charge in [-0.05, 0) is 24.3 Å². The van der Waals surface area contributed by atoms with Crippen molar-refractivity contribution < 1.29 is 25.9 Å². The highest BCUT2D eigenvalue weighted by Crippen LogP contribution is 2.28. The summed E-state index contributed by atoms with van der Waals surface area (Å²) in [6.45, 7) is 0. The summed E-state index contributed by atoms with van der Waals surface area (Å²) in [5.74, 6) is 0. The van der Waals surface area contributed by atoms with Gasteiger partial charge in [0.15, 0.2) is 0 Å². The minimum absolute atomic E-state index is 0.171. The molecule has 22 heavy (non-hydrogen) atoms. The van der Waals surface area contributed by atoms with Crippen LogP contribution in [0.5, 0.6) is 0 Å². The fourth-order valence-corrected chi connectivity index (χ4v) is 2.87. The summed E-state index contributed by atoms with van der Waals surface area (Å²) in [5.41, 5.74) is -0.342. The van der Waals surface area contributed by atoms with E-state index in [4.69, 9.17) is 9.11 Å². The number of hydrogen-bond acceptors (Lipinski definition) is 6. The van der Waals surface area contributed by atoms with Crippen LogP contribution in [0.2, 0.25) is 0 Å². The quantitative estimate of drug-likeness (QED) is 0.648. The van der Waals surface area contributed by atoms with Crippen molar-refractivity contribution in [2.45, 2.75) is 9.79 Å². The first-order chi connectivity index (χ1) is 10.2. The van der Waals surface area contributed by atoms with Crippen LogP contribution in [0.1, 0.15) is 0 Å². The molecule has 0 radical (unpaired) electrons. The maximum atomic E-state index is 11.2. The Kier molecular flexibility index (Phi) is 4.37. The zero-order valence-corrected chi connectivity index (χ0v) is 12.5. The first-order valence-electron chi connectivity index (χ1n) is 5.74. The van der Waals surface area contributed by atoms with E-state index in [0.717, 1.165) is 12.1 Å². The second kappa shape index (κ2) is 5.93. The lowest BCUT2D eigenvalue weighted by Crippen LogP contribution is -1.98. The van der Waals surface area contributed by atoms with Crippen molar-refractivity contribution in [1.82, 2.24) is 0 Å². The van der Waals surface area contributed by atoms with Crippen LogP contribution in [0.3, 0.4) is 0 Å². The van der Waals surface area contributed by atoms with E-state index in [2.05, 4.69) is 10.2 Å². The van der Waals surface area contributed by atoms with E-state index < -0.39 is 30.0 Å². The van der Waals surface area contributed by atoms with Crippen molar-refractivity contribution in [2.75, 3.05) is 0 Å². The van der Waals surface area contributed by atoms with Crippen molar-refractivity contribution in [2.24, 2.45) is 10.2 Å². The Morgan fingerprint density at radius 1 is 0.636 bits per heavy atom. The third-order valence-corrected chi connectivity index (χ3v) is 4.35. The molecule has 0 saturated heterocycles. The van der Waals surface area contributed by atoms with Crippen LogP contribution in [0.4, 0.5) is 11.4 Å². The number of nitrogens with zero attached hydrogens (tertiary/aromatic N) is 2. The van der Waals surface area contributed by atoms with Crippen LogP contribution in [0.15, 0.2) is 68.6 Å². The van der Waals surface area contributed by atoms with Gasteiger partial charge in [0.05, 0.1) is 0 Å². The summed E-state index contributed by atoms with van der Waals surface area (Å²) in [6.07, 6.45) is 0. The summed E-state index contributed by atoms with van der Waals surface area (Å²) in [6, 6.07) is 10.5. The van der Waals surface area contributed by atoms with E-state index in [9.17, 15) is 16.8 Å². The van der Waals surface area contributed by atoms with Crippen LogP contribution < -0.4 is 0 Å². The maximum absolute atomic E-state index is 11.2. The monoisotopic (exact) mass is 342 g/mol. The van der Waals surface area contributed by atoms with Crippen LogP contribution >= 0.6 is 0 Å². The predicted octanol–water partition coefficient (Wildman–Crippen LogP) is 2.60. The number of rotatable bonds is 4. The molecule has 0 heterocycles. The lowest BCUT2D eigenvalue weighted by molar-refractivity contribution is 0.481. The molecule has 2 aromatic rings. The highest BCUT2D eigenvalue weighted by molar-refractivity contribution is 7.86. The zero-order chi connectivity index (χ0) is 16.4. The molecule has 0 aliphatic carbocycles. The van der Waals surface area contributed by atoms with E-state index in [1.807, 2.05) is 0 Å². The van der Waals surface area contributed by atoms with Gasteiger partial charge in [-0.2, -0.15) is 16.8 Å². The van der Waals surface area contributed by atoms with Crippen molar-refractivity contribution in [1.29, 1.82) is 0 Å². The molecule has 0 aliphatic rings. The molecule has 0 spiro atoms. The molecule has 8 nitrogen and oxygen atoms in total. The van der Waals surface area contributed by atoms with Crippen molar-refractivity contribution in [3.63, 3.8) is 0 Å². The number of hydrogen-bond donors (Lipinski definition) is 2. The third kappa shape index (κ3) is 3.74. The lowest BCUT2D eigenvalue weighted by Gasteiger charge is -2.02. The van der Waals surface area contributed by atoms with Crippen molar-refractivity contribution in [3.05, 3.63) is 48.5 Å². The largest absolute Gasteiger partial charge is 0.296 e. The van der Waals surface area contributed by atoms with Crippen molar-refractivity contribution in [3.8, 4) is 0 Å². The standard InChI is InChI=1S/C12H10N2O6S2/c15-21(16,17)11-7-3-1-5-9(11)13-14-10-6-2-4-8-12(10)22(18,19)20/h1-8H,(H,15,16,17)(H,18,19,20)/b14-13+. The Hall–Kier alpha value is -2.14. The second-order valence-corrected chi connectivity index (χ2v) is 6.87. The van der Waals surface area contributed by atoms with Gasteiger partial charge in [0, 0.05) is 0 Å². The summed E-state index contributed by atoms with van der Waals surface area (Å²) in [5, 5.41) is 7.25. The van der Waals surface area contributed by atoms with Crippen LogP contribution in [0.25, 0.3) is 0 Å². The average Bonchev–Trinajstić information content (AvgIpc) is 2.44. The molecule has 0 unspecified atom stereocenters. The van der Waals surface area contributed by atoms with Gasteiger partial charge >= 0.3 is 0 Å². The molecule has 2 aromatic carbocycles. The Morgan fingerprint density at radius 2 is 0.955 bits per heavy atom. The van der Waals surface area contributed by atoms with Gasteiger partial charge < -0.3 is 0 Å². The molecule has 0 atom stereocenters. The van der Waals surface area contributed by atoms with Crippen LogP contribution in [-0.4, -0.2) is 25.9 Å². The number of benzene rings is 2. The molecule has 116 valence electrons. The second-order valence-electron chi connectivity index (χ2n) is 4.09. The van der Waals surface area contributed by atoms with Gasteiger partial charge in [0.25, 0.3) is 20.2 Å².